The van der Waals surface area contributed by atoms with Gasteiger partial charge in [-0.05, 0) is 43.2 Å². The van der Waals surface area contributed by atoms with Gasteiger partial charge in [0.15, 0.2) is 0 Å². The van der Waals surface area contributed by atoms with Gasteiger partial charge in [-0.15, -0.1) is 0 Å². The molecule has 0 amide bonds. The smallest absolute Gasteiger partial charge is 0.149 e. The Morgan fingerprint density at radius 1 is 0.880 bits per heavy atom. The molecule has 0 fully saturated rings. The Morgan fingerprint density at radius 3 is 2.20 bits per heavy atom. The zero-order chi connectivity index (χ0) is 17.8. The maximum Gasteiger partial charge on any atom is 0.149 e. The van der Waals surface area contributed by atoms with E-state index < -0.39 is 11.6 Å². The predicted molar refractivity (Wildman–Crippen MR) is 95.5 cm³/mol. The Morgan fingerprint density at radius 2 is 1.56 bits per heavy atom. The van der Waals surface area contributed by atoms with Crippen LogP contribution >= 0.6 is 0 Å². The highest BCUT2D eigenvalue weighted by atomic mass is 19.1. The number of aromatic nitrogens is 2. The molecule has 3 rings (SSSR count). The van der Waals surface area contributed by atoms with Gasteiger partial charge in [-0.2, -0.15) is 0 Å². The minimum absolute atomic E-state index is 0.151. The molecule has 0 unspecified atom stereocenters. The van der Waals surface area contributed by atoms with E-state index in [9.17, 15) is 8.78 Å². The van der Waals surface area contributed by atoms with Gasteiger partial charge in [0.1, 0.15) is 29.1 Å². The second kappa shape index (κ2) is 7.25. The standard InChI is InChI=1S/C19H18F2N4/c1-3-13-4-7-15(8-5-13)24-18-11-19(23-12(2)22-18)25-17-9-6-14(20)10-16(17)21/h4-11H,3H2,1-2H3,(H2,22,23,24,25). The van der Waals surface area contributed by atoms with Crippen molar-refractivity contribution in [3.05, 3.63) is 71.6 Å². The third-order valence-electron chi connectivity index (χ3n) is 3.67. The van der Waals surface area contributed by atoms with Gasteiger partial charge >= 0.3 is 0 Å². The Bertz CT molecular complexity index is 879. The fourth-order valence-corrected chi connectivity index (χ4v) is 2.40. The van der Waals surface area contributed by atoms with Gasteiger partial charge in [-0.3, -0.25) is 0 Å². The molecule has 0 bridgehead atoms. The van der Waals surface area contributed by atoms with Crippen LogP contribution in [0.1, 0.15) is 18.3 Å². The van der Waals surface area contributed by atoms with Crippen molar-refractivity contribution in [2.24, 2.45) is 0 Å². The maximum atomic E-state index is 13.8. The minimum atomic E-state index is -0.680. The second-order valence-electron chi connectivity index (χ2n) is 5.61. The van der Waals surface area contributed by atoms with Crippen LogP contribution in [-0.2, 0) is 6.42 Å². The van der Waals surface area contributed by atoms with E-state index in [2.05, 4.69) is 27.5 Å². The van der Waals surface area contributed by atoms with Crippen molar-refractivity contribution in [1.82, 2.24) is 9.97 Å². The lowest BCUT2D eigenvalue weighted by Crippen LogP contribution is -2.02. The summed E-state index contributed by atoms with van der Waals surface area (Å²) in [5.41, 5.74) is 2.30. The molecule has 3 aromatic rings. The van der Waals surface area contributed by atoms with E-state index in [0.29, 0.717) is 17.5 Å². The number of benzene rings is 2. The van der Waals surface area contributed by atoms with Crippen LogP contribution in [0, 0.1) is 18.6 Å². The topological polar surface area (TPSA) is 49.8 Å². The molecule has 0 radical (unpaired) electrons. The number of hydrogen-bond donors (Lipinski definition) is 2. The third-order valence-corrected chi connectivity index (χ3v) is 3.67. The first-order valence-corrected chi connectivity index (χ1v) is 7.97. The van der Waals surface area contributed by atoms with E-state index in [0.717, 1.165) is 18.2 Å². The molecule has 2 N–H and O–H groups in total. The molecule has 25 heavy (non-hydrogen) atoms. The third kappa shape index (κ3) is 4.29. The maximum absolute atomic E-state index is 13.8. The number of anilines is 4. The molecule has 1 aromatic heterocycles. The molecule has 0 aliphatic rings. The molecule has 0 aliphatic heterocycles. The van der Waals surface area contributed by atoms with E-state index >= 15 is 0 Å². The number of rotatable bonds is 5. The van der Waals surface area contributed by atoms with Gasteiger partial charge in [-0.25, -0.2) is 18.7 Å². The lowest BCUT2D eigenvalue weighted by molar-refractivity contribution is 0.586. The number of nitrogens with zero attached hydrogens (tertiary/aromatic N) is 2. The largest absolute Gasteiger partial charge is 0.340 e. The Kier molecular flexibility index (Phi) is 4.88. The van der Waals surface area contributed by atoms with Crippen LogP contribution in [0.15, 0.2) is 48.5 Å². The van der Waals surface area contributed by atoms with Crippen molar-refractivity contribution in [2.75, 3.05) is 10.6 Å². The van der Waals surface area contributed by atoms with Gasteiger partial charge in [0.25, 0.3) is 0 Å². The molecule has 1 heterocycles. The van der Waals surface area contributed by atoms with Crippen molar-refractivity contribution < 1.29 is 8.78 Å². The molecule has 0 saturated heterocycles. The van der Waals surface area contributed by atoms with Crippen molar-refractivity contribution in [3.8, 4) is 0 Å². The van der Waals surface area contributed by atoms with Crippen LogP contribution in [0.4, 0.5) is 31.8 Å². The first kappa shape index (κ1) is 16.8. The monoisotopic (exact) mass is 340 g/mol. The molecule has 4 nitrogen and oxygen atoms in total. The normalized spacial score (nSPS) is 10.6. The first-order chi connectivity index (χ1) is 12.0. The summed E-state index contributed by atoms with van der Waals surface area (Å²) in [6.07, 6.45) is 0.976. The summed E-state index contributed by atoms with van der Waals surface area (Å²) in [4.78, 5) is 8.57. The highest BCUT2D eigenvalue weighted by Gasteiger charge is 2.07. The van der Waals surface area contributed by atoms with Crippen LogP contribution in [0.3, 0.4) is 0 Å². The fraction of sp³-hybridized carbons (Fsp3) is 0.158. The lowest BCUT2D eigenvalue weighted by Gasteiger charge is -2.11. The van der Waals surface area contributed by atoms with Crippen LogP contribution in [0.25, 0.3) is 0 Å². The van der Waals surface area contributed by atoms with Crippen LogP contribution in [-0.4, -0.2) is 9.97 Å². The van der Waals surface area contributed by atoms with Gasteiger partial charge < -0.3 is 10.6 Å². The van der Waals surface area contributed by atoms with Gasteiger partial charge in [0.05, 0.1) is 5.69 Å². The van der Waals surface area contributed by atoms with E-state index in [4.69, 9.17) is 0 Å². The molecule has 2 aromatic carbocycles. The first-order valence-electron chi connectivity index (χ1n) is 7.97. The Hall–Kier alpha value is -3.02. The van der Waals surface area contributed by atoms with Gasteiger partial charge in [-0.1, -0.05) is 19.1 Å². The zero-order valence-corrected chi connectivity index (χ0v) is 14.0. The number of nitrogens with one attached hydrogen (secondary N) is 2. The van der Waals surface area contributed by atoms with Crippen molar-refractivity contribution in [3.63, 3.8) is 0 Å². The molecular formula is C19H18F2N4. The number of hydrogen-bond acceptors (Lipinski definition) is 4. The molecule has 0 spiro atoms. The molecule has 0 aliphatic carbocycles. The van der Waals surface area contributed by atoms with Crippen molar-refractivity contribution in [2.45, 2.75) is 20.3 Å². The van der Waals surface area contributed by atoms with Crippen LogP contribution in [0.5, 0.6) is 0 Å². The number of halogens is 2. The average Bonchev–Trinajstić information content (AvgIpc) is 2.58. The Balaban J connectivity index is 1.82. The zero-order valence-electron chi connectivity index (χ0n) is 14.0. The summed E-state index contributed by atoms with van der Waals surface area (Å²) < 4.78 is 26.8. The van der Waals surface area contributed by atoms with Crippen molar-refractivity contribution >= 4 is 23.0 Å². The molecule has 6 heteroatoms. The van der Waals surface area contributed by atoms with Crippen LogP contribution < -0.4 is 10.6 Å². The summed E-state index contributed by atoms with van der Waals surface area (Å²) in [5, 5.41) is 6.05. The highest BCUT2D eigenvalue weighted by Crippen LogP contribution is 2.23. The van der Waals surface area contributed by atoms with E-state index in [-0.39, 0.29) is 5.69 Å². The molecule has 0 saturated carbocycles. The predicted octanol–water partition coefficient (Wildman–Crippen LogP) is 5.11. The molecule has 128 valence electrons. The highest BCUT2D eigenvalue weighted by molar-refractivity contribution is 5.63. The van der Waals surface area contributed by atoms with Crippen LogP contribution in [0.2, 0.25) is 0 Å². The summed E-state index contributed by atoms with van der Waals surface area (Å²) >= 11 is 0. The summed E-state index contributed by atoms with van der Waals surface area (Å²) in [5.74, 6) is 0.230. The van der Waals surface area contributed by atoms with E-state index in [1.807, 2.05) is 24.3 Å². The van der Waals surface area contributed by atoms with E-state index in [1.165, 1.54) is 17.7 Å². The summed E-state index contributed by atoms with van der Waals surface area (Å²) in [6.45, 7) is 3.85. The van der Waals surface area contributed by atoms with Gasteiger partial charge in [0, 0.05) is 17.8 Å². The van der Waals surface area contributed by atoms with Gasteiger partial charge in [0.2, 0.25) is 0 Å². The number of aryl methyl sites for hydroxylation is 2. The Labute approximate surface area is 145 Å². The fourth-order valence-electron chi connectivity index (χ4n) is 2.40. The molecular weight excluding hydrogens is 322 g/mol. The second-order valence-corrected chi connectivity index (χ2v) is 5.61. The molecule has 0 atom stereocenters. The average molecular weight is 340 g/mol. The minimum Gasteiger partial charge on any atom is -0.340 e. The lowest BCUT2D eigenvalue weighted by atomic mass is 10.1. The van der Waals surface area contributed by atoms with Crippen molar-refractivity contribution in [1.29, 1.82) is 0 Å². The van der Waals surface area contributed by atoms with E-state index in [1.54, 1.807) is 13.0 Å². The quantitative estimate of drug-likeness (QED) is 0.677. The summed E-state index contributed by atoms with van der Waals surface area (Å²) in [6, 6.07) is 13.1. The SMILES string of the molecule is CCc1ccc(Nc2cc(Nc3ccc(F)cc3F)nc(C)n2)cc1. The summed E-state index contributed by atoms with van der Waals surface area (Å²) in [7, 11) is 0.